The molecule has 1 saturated carbocycles. The van der Waals surface area contributed by atoms with Crippen LogP contribution in [0.25, 0.3) is 11.1 Å². The zero-order chi connectivity index (χ0) is 21.2. The molecule has 164 valence electrons. The zero-order valence-corrected chi connectivity index (χ0v) is 19.6. The van der Waals surface area contributed by atoms with Gasteiger partial charge in [0.25, 0.3) is 0 Å². The molecule has 1 fully saturated rings. The Morgan fingerprint density at radius 3 is 2.10 bits per heavy atom. The number of nitrogens with zero attached hydrogens (tertiary/aromatic N) is 2. The number of hydrogen-bond acceptors (Lipinski definition) is 2. The highest BCUT2D eigenvalue weighted by Crippen LogP contribution is 2.34. The minimum atomic E-state index is 0.881. The number of aryl methyl sites for hydroxylation is 3. The number of rotatable bonds is 11. The molecule has 30 heavy (non-hydrogen) atoms. The van der Waals surface area contributed by atoms with Crippen LogP contribution in [0.5, 0.6) is 0 Å². The number of benzene rings is 1. The van der Waals surface area contributed by atoms with Crippen molar-refractivity contribution in [3.05, 3.63) is 47.5 Å². The number of unbranched alkanes of at least 4 members (excludes halogenated alkanes) is 3. The Kier molecular flexibility index (Phi) is 9.36. The monoisotopic (exact) mass is 406 g/mol. The van der Waals surface area contributed by atoms with Gasteiger partial charge in [-0.1, -0.05) is 95.9 Å². The summed E-state index contributed by atoms with van der Waals surface area (Å²) in [5, 5.41) is 0. The molecule has 0 spiro atoms. The third-order valence-corrected chi connectivity index (χ3v) is 7.07. The topological polar surface area (TPSA) is 25.8 Å². The second-order valence-corrected chi connectivity index (χ2v) is 9.51. The first-order chi connectivity index (χ1) is 14.7. The van der Waals surface area contributed by atoms with Crippen molar-refractivity contribution in [1.29, 1.82) is 0 Å². The molecule has 2 nitrogen and oxygen atoms in total. The molecule has 1 aromatic heterocycles. The van der Waals surface area contributed by atoms with Crippen molar-refractivity contribution in [2.45, 2.75) is 104 Å². The molecule has 1 aliphatic rings. The minimum Gasteiger partial charge on any atom is -0.241 e. The third-order valence-electron chi connectivity index (χ3n) is 7.07. The largest absolute Gasteiger partial charge is 0.241 e. The molecular weight excluding hydrogens is 364 g/mol. The molecule has 2 aromatic rings. The van der Waals surface area contributed by atoms with Crippen LogP contribution in [-0.4, -0.2) is 9.97 Å². The van der Waals surface area contributed by atoms with E-state index in [0.29, 0.717) is 0 Å². The molecule has 0 radical (unpaired) electrons. The molecule has 1 aliphatic carbocycles. The quantitative estimate of drug-likeness (QED) is 0.352. The summed E-state index contributed by atoms with van der Waals surface area (Å²) in [5.74, 6) is 2.91. The van der Waals surface area contributed by atoms with Gasteiger partial charge in [0.1, 0.15) is 5.82 Å². The van der Waals surface area contributed by atoms with Crippen molar-refractivity contribution in [2.24, 2.45) is 11.8 Å². The summed E-state index contributed by atoms with van der Waals surface area (Å²) in [6, 6.07) is 8.98. The fraction of sp³-hybridized carbons (Fsp3) is 0.643. The number of aromatic nitrogens is 2. The van der Waals surface area contributed by atoms with E-state index >= 15 is 0 Å². The SMILES string of the molecule is CCCCC[C@H]1CC[C@H](CCc2ncc(-c3ccc(CCCC)cc3)c(C)n2)CC1. The Morgan fingerprint density at radius 2 is 1.47 bits per heavy atom. The molecule has 0 atom stereocenters. The molecule has 0 bridgehead atoms. The van der Waals surface area contributed by atoms with Crippen LogP contribution in [0.15, 0.2) is 30.5 Å². The maximum absolute atomic E-state index is 4.86. The molecule has 0 unspecified atom stereocenters. The average molecular weight is 407 g/mol. The standard InChI is InChI=1S/C28H42N2/c1-4-6-8-10-24-11-13-25(14-12-24)17-20-28-29-21-27(22(3)30-28)26-18-15-23(16-19-26)9-7-5-2/h15-16,18-19,21,24-25H,4-14,17,20H2,1-3H3/t24-,25-. The summed E-state index contributed by atoms with van der Waals surface area (Å²) in [5.41, 5.74) is 4.95. The van der Waals surface area contributed by atoms with Crippen molar-refractivity contribution < 1.29 is 0 Å². The Labute approximate surface area is 184 Å². The van der Waals surface area contributed by atoms with Crippen LogP contribution in [0.2, 0.25) is 0 Å². The van der Waals surface area contributed by atoms with Gasteiger partial charge in [-0.25, -0.2) is 9.97 Å². The fourth-order valence-electron chi connectivity index (χ4n) is 4.98. The lowest BCUT2D eigenvalue weighted by atomic mass is 9.78. The average Bonchev–Trinajstić information content (AvgIpc) is 2.78. The molecule has 0 N–H and O–H groups in total. The molecule has 3 rings (SSSR count). The Balaban J connectivity index is 1.48. The first-order valence-electron chi connectivity index (χ1n) is 12.6. The summed E-state index contributed by atoms with van der Waals surface area (Å²) >= 11 is 0. The van der Waals surface area contributed by atoms with Crippen molar-refractivity contribution in [3.63, 3.8) is 0 Å². The van der Waals surface area contributed by atoms with Crippen molar-refractivity contribution >= 4 is 0 Å². The van der Waals surface area contributed by atoms with E-state index in [1.54, 1.807) is 0 Å². The predicted molar refractivity (Wildman–Crippen MR) is 129 cm³/mol. The summed E-state index contributed by atoms with van der Waals surface area (Å²) in [4.78, 5) is 9.59. The molecular formula is C28H42N2. The van der Waals surface area contributed by atoms with Gasteiger partial charge in [-0.05, 0) is 49.1 Å². The lowest BCUT2D eigenvalue weighted by Crippen LogP contribution is -2.15. The highest BCUT2D eigenvalue weighted by molar-refractivity contribution is 5.65. The van der Waals surface area contributed by atoms with E-state index in [1.165, 1.54) is 93.7 Å². The molecule has 2 heteroatoms. The van der Waals surface area contributed by atoms with Crippen molar-refractivity contribution in [2.75, 3.05) is 0 Å². The van der Waals surface area contributed by atoms with Gasteiger partial charge in [0.05, 0.1) is 0 Å². The number of hydrogen-bond donors (Lipinski definition) is 0. The van der Waals surface area contributed by atoms with Gasteiger partial charge in [-0.15, -0.1) is 0 Å². The highest BCUT2D eigenvalue weighted by Gasteiger charge is 2.21. The van der Waals surface area contributed by atoms with Crippen LogP contribution in [0.1, 0.15) is 102 Å². The Hall–Kier alpha value is -1.70. The minimum absolute atomic E-state index is 0.881. The second-order valence-electron chi connectivity index (χ2n) is 9.51. The smallest absolute Gasteiger partial charge is 0.128 e. The third kappa shape index (κ3) is 6.93. The van der Waals surface area contributed by atoms with E-state index in [-0.39, 0.29) is 0 Å². The molecule has 1 heterocycles. The van der Waals surface area contributed by atoms with E-state index in [4.69, 9.17) is 9.97 Å². The first-order valence-corrected chi connectivity index (χ1v) is 12.6. The Morgan fingerprint density at radius 1 is 0.800 bits per heavy atom. The van der Waals surface area contributed by atoms with Crippen LogP contribution in [0, 0.1) is 18.8 Å². The van der Waals surface area contributed by atoms with Crippen LogP contribution in [0.4, 0.5) is 0 Å². The maximum atomic E-state index is 4.86. The van der Waals surface area contributed by atoms with E-state index in [9.17, 15) is 0 Å². The lowest BCUT2D eigenvalue weighted by Gasteiger charge is -2.28. The van der Waals surface area contributed by atoms with E-state index < -0.39 is 0 Å². The summed E-state index contributed by atoms with van der Waals surface area (Å²) in [6.07, 6.45) is 19.4. The van der Waals surface area contributed by atoms with Gasteiger partial charge >= 0.3 is 0 Å². The van der Waals surface area contributed by atoms with Crippen LogP contribution in [-0.2, 0) is 12.8 Å². The highest BCUT2D eigenvalue weighted by atomic mass is 14.9. The normalized spacial score (nSPS) is 19.2. The van der Waals surface area contributed by atoms with Crippen molar-refractivity contribution in [3.8, 4) is 11.1 Å². The van der Waals surface area contributed by atoms with E-state index in [0.717, 1.165) is 29.8 Å². The first kappa shape index (κ1) is 23.0. The van der Waals surface area contributed by atoms with Gasteiger partial charge in [-0.3, -0.25) is 0 Å². The van der Waals surface area contributed by atoms with Gasteiger partial charge in [0.15, 0.2) is 0 Å². The summed E-state index contributed by atoms with van der Waals surface area (Å²) < 4.78 is 0. The second kappa shape index (κ2) is 12.2. The molecule has 0 amide bonds. The fourth-order valence-corrected chi connectivity index (χ4v) is 4.98. The molecule has 0 saturated heterocycles. The van der Waals surface area contributed by atoms with Gasteiger partial charge < -0.3 is 0 Å². The lowest BCUT2D eigenvalue weighted by molar-refractivity contribution is 0.248. The molecule has 0 aliphatic heterocycles. The Bertz CT molecular complexity index is 742. The maximum Gasteiger partial charge on any atom is 0.128 e. The molecule has 1 aromatic carbocycles. The van der Waals surface area contributed by atoms with Crippen LogP contribution < -0.4 is 0 Å². The van der Waals surface area contributed by atoms with Gasteiger partial charge in [-0.2, -0.15) is 0 Å². The van der Waals surface area contributed by atoms with E-state index in [1.807, 2.05) is 6.20 Å². The van der Waals surface area contributed by atoms with E-state index in [2.05, 4.69) is 45.0 Å². The zero-order valence-electron chi connectivity index (χ0n) is 19.6. The van der Waals surface area contributed by atoms with Gasteiger partial charge in [0, 0.05) is 23.9 Å². The van der Waals surface area contributed by atoms with Gasteiger partial charge in [0.2, 0.25) is 0 Å². The summed E-state index contributed by atoms with van der Waals surface area (Å²) in [7, 11) is 0. The van der Waals surface area contributed by atoms with Crippen LogP contribution in [0.3, 0.4) is 0 Å². The summed E-state index contributed by atoms with van der Waals surface area (Å²) in [6.45, 7) is 6.68. The van der Waals surface area contributed by atoms with Crippen LogP contribution >= 0.6 is 0 Å². The van der Waals surface area contributed by atoms with Crippen molar-refractivity contribution in [1.82, 2.24) is 9.97 Å². The predicted octanol–water partition coefficient (Wildman–Crippen LogP) is 8.11.